The summed E-state index contributed by atoms with van der Waals surface area (Å²) in [6.07, 6.45) is 0. The van der Waals surface area contributed by atoms with Gasteiger partial charge in [0.15, 0.2) is 0 Å². The van der Waals surface area contributed by atoms with E-state index < -0.39 is 22.8 Å². The lowest BCUT2D eigenvalue weighted by Crippen LogP contribution is -2.22. The average molecular weight is 641 g/mol. The third-order valence-corrected chi connectivity index (χ3v) is 9.41. The number of benzene rings is 5. The lowest BCUT2D eigenvalue weighted by atomic mass is 9.98. The molecule has 0 aliphatic rings. The summed E-state index contributed by atoms with van der Waals surface area (Å²) in [5, 5.41) is 0. The molecule has 5 aromatic rings. The first-order valence-electron chi connectivity index (χ1n) is 14.7. The number of aryl methyl sites for hydroxylation is 4. The highest BCUT2D eigenvalue weighted by Crippen LogP contribution is 2.52. The fraction of sp³-hybridized carbons (Fsp3) is 0.189. The van der Waals surface area contributed by atoms with Gasteiger partial charge in [-0.2, -0.15) is 0 Å². The summed E-state index contributed by atoms with van der Waals surface area (Å²) < 4.78 is 38.8. The van der Waals surface area contributed by atoms with Crippen LogP contribution in [0.5, 0.6) is 28.7 Å². The molecule has 0 unspecified atom stereocenters. The van der Waals surface area contributed by atoms with E-state index in [1.807, 2.05) is 163 Å². The topological polar surface area (TPSA) is 55.4 Å². The summed E-state index contributed by atoms with van der Waals surface area (Å²) in [6, 6.07) is 39.0. The van der Waals surface area contributed by atoms with Crippen molar-refractivity contribution in [3.05, 3.63) is 149 Å². The maximum atomic E-state index is 6.70. The van der Waals surface area contributed by atoms with Crippen LogP contribution in [0.15, 0.2) is 121 Å². The van der Waals surface area contributed by atoms with Gasteiger partial charge in [0, 0.05) is 5.56 Å². The first kappa shape index (κ1) is 32.3. The first-order chi connectivity index (χ1) is 21.7. The van der Waals surface area contributed by atoms with Crippen LogP contribution >= 0.6 is 17.2 Å². The molecular weight excluding hydrogens is 602 g/mol. The number of hydrogen-bond donors (Lipinski definition) is 0. The summed E-state index contributed by atoms with van der Waals surface area (Å²) >= 11 is 0. The maximum absolute atomic E-state index is 6.70. The van der Waals surface area contributed by atoms with E-state index in [2.05, 4.69) is 0 Å². The van der Waals surface area contributed by atoms with E-state index in [-0.39, 0.29) is 0 Å². The van der Waals surface area contributed by atoms with Crippen LogP contribution in [0.2, 0.25) is 0 Å². The average Bonchev–Trinajstić information content (AvgIpc) is 3.02. The second-order valence-electron chi connectivity index (χ2n) is 11.1. The van der Waals surface area contributed by atoms with Gasteiger partial charge in [0.25, 0.3) is 0 Å². The fourth-order valence-corrected chi connectivity index (χ4v) is 6.90. The molecule has 8 heteroatoms. The summed E-state index contributed by atoms with van der Waals surface area (Å²) in [7, 11) is -3.80. The second-order valence-corrected chi connectivity index (χ2v) is 13.1. The Bertz CT molecular complexity index is 1630. The number of para-hydroxylation sites is 5. The molecule has 0 saturated heterocycles. The molecule has 0 spiro atoms. The highest BCUT2D eigenvalue weighted by molar-refractivity contribution is 7.43. The number of rotatable bonds is 13. The minimum absolute atomic E-state index is 0.567. The van der Waals surface area contributed by atoms with Crippen molar-refractivity contribution >= 4 is 17.2 Å². The van der Waals surface area contributed by atoms with Crippen LogP contribution in [0.1, 0.15) is 41.7 Å². The Hall–Kier alpha value is -4.08. The molecule has 0 atom stereocenters. The lowest BCUT2D eigenvalue weighted by Gasteiger charge is -2.31. The molecule has 0 fully saturated rings. The molecule has 0 radical (unpaired) electrons. The van der Waals surface area contributed by atoms with Crippen LogP contribution in [-0.4, -0.2) is 0 Å². The highest BCUT2D eigenvalue weighted by Gasteiger charge is 2.35. The van der Waals surface area contributed by atoms with Crippen LogP contribution in [0.3, 0.4) is 0 Å². The molecule has 6 nitrogen and oxygen atoms in total. The van der Waals surface area contributed by atoms with Crippen LogP contribution in [-0.2, 0) is 10.1 Å². The third kappa shape index (κ3) is 8.55. The molecule has 0 N–H and O–H groups in total. The van der Waals surface area contributed by atoms with E-state index in [0.717, 1.165) is 27.8 Å². The van der Waals surface area contributed by atoms with Crippen molar-refractivity contribution in [3.8, 4) is 28.7 Å². The lowest BCUT2D eigenvalue weighted by molar-refractivity contribution is 0.0923. The maximum Gasteiger partial charge on any atom is 0.530 e. The smallest absolute Gasteiger partial charge is 0.417 e. The van der Waals surface area contributed by atoms with E-state index in [9.17, 15) is 0 Å². The monoisotopic (exact) mass is 640 g/mol. The van der Waals surface area contributed by atoms with Crippen molar-refractivity contribution in [3.63, 3.8) is 0 Å². The Morgan fingerprint density at radius 1 is 0.378 bits per heavy atom. The SMILES string of the molecule is Cc1ccccc1OP(Oc1ccccc1C)Oc1ccccc1C(C)(C)OP(Oc1ccccc1C)Oc1ccccc1C. The quantitative estimate of drug-likeness (QED) is 0.119. The van der Waals surface area contributed by atoms with Crippen LogP contribution < -0.4 is 22.6 Å². The zero-order chi connectivity index (χ0) is 31.8. The van der Waals surface area contributed by atoms with Gasteiger partial charge in [0.05, 0.1) is 0 Å². The summed E-state index contributed by atoms with van der Waals surface area (Å²) in [5.74, 6) is 3.33. The van der Waals surface area contributed by atoms with Gasteiger partial charge >= 0.3 is 17.2 Å². The van der Waals surface area contributed by atoms with Crippen LogP contribution in [0.25, 0.3) is 0 Å². The van der Waals surface area contributed by atoms with Gasteiger partial charge in [-0.15, -0.1) is 0 Å². The van der Waals surface area contributed by atoms with Gasteiger partial charge < -0.3 is 22.6 Å². The largest absolute Gasteiger partial charge is 0.530 e. The number of hydrogen-bond acceptors (Lipinski definition) is 6. The summed E-state index contributed by atoms with van der Waals surface area (Å²) in [6.45, 7) is 11.9. The van der Waals surface area contributed by atoms with Gasteiger partial charge in [-0.25, -0.2) is 0 Å². The molecule has 0 saturated carbocycles. The Balaban J connectivity index is 1.45. The van der Waals surface area contributed by atoms with E-state index in [4.69, 9.17) is 27.1 Å². The third-order valence-electron chi connectivity index (χ3n) is 7.08. The summed E-state index contributed by atoms with van der Waals surface area (Å²) in [5.41, 5.74) is 3.80. The predicted molar refractivity (Wildman–Crippen MR) is 182 cm³/mol. The van der Waals surface area contributed by atoms with E-state index in [0.29, 0.717) is 28.7 Å². The van der Waals surface area contributed by atoms with Crippen molar-refractivity contribution in [1.29, 1.82) is 0 Å². The Kier molecular flexibility index (Phi) is 10.6. The van der Waals surface area contributed by atoms with Gasteiger partial charge in [-0.1, -0.05) is 91.0 Å². The van der Waals surface area contributed by atoms with Crippen molar-refractivity contribution in [2.75, 3.05) is 0 Å². The van der Waals surface area contributed by atoms with Gasteiger partial charge in [0.1, 0.15) is 34.3 Å². The molecule has 0 aliphatic carbocycles. The Morgan fingerprint density at radius 2 is 0.667 bits per heavy atom. The predicted octanol–water partition coefficient (Wildman–Crippen LogP) is 11.3. The van der Waals surface area contributed by atoms with Gasteiger partial charge in [-0.05, 0) is 94.1 Å². The molecular formula is C37H38O6P2. The van der Waals surface area contributed by atoms with E-state index >= 15 is 0 Å². The van der Waals surface area contributed by atoms with Crippen LogP contribution in [0, 0.1) is 27.7 Å². The molecule has 0 amide bonds. The highest BCUT2D eigenvalue weighted by atomic mass is 31.2. The Morgan fingerprint density at radius 3 is 1.04 bits per heavy atom. The van der Waals surface area contributed by atoms with Gasteiger partial charge in [-0.3, -0.25) is 4.52 Å². The van der Waals surface area contributed by atoms with Crippen molar-refractivity contribution in [1.82, 2.24) is 0 Å². The van der Waals surface area contributed by atoms with E-state index in [1.165, 1.54) is 0 Å². The van der Waals surface area contributed by atoms with E-state index in [1.54, 1.807) is 0 Å². The summed E-state index contributed by atoms with van der Waals surface area (Å²) in [4.78, 5) is 0. The molecule has 0 bridgehead atoms. The minimum Gasteiger partial charge on any atom is -0.417 e. The second kappa shape index (κ2) is 14.8. The fourth-order valence-electron chi connectivity index (χ4n) is 4.43. The molecule has 5 aromatic carbocycles. The zero-order valence-corrected chi connectivity index (χ0v) is 28.2. The normalized spacial score (nSPS) is 11.4. The molecule has 0 aliphatic heterocycles. The van der Waals surface area contributed by atoms with Crippen molar-refractivity contribution in [2.45, 2.75) is 47.1 Å². The van der Waals surface area contributed by atoms with Crippen molar-refractivity contribution in [2.24, 2.45) is 0 Å². The molecule has 0 aromatic heterocycles. The molecule has 45 heavy (non-hydrogen) atoms. The molecule has 0 heterocycles. The molecule has 232 valence electrons. The van der Waals surface area contributed by atoms with Crippen LogP contribution in [0.4, 0.5) is 0 Å². The standard InChI is InChI=1S/C37H38O6P2/c1-27-17-7-12-22-32(27)38-44(39-33-23-13-8-18-28(33)2)42-36-26-16-11-21-31(36)37(5,6)43-45(40-34-24-14-9-19-29(34)3)41-35-25-15-10-20-30(35)4/h7-26H,1-6H3. The van der Waals surface area contributed by atoms with Crippen molar-refractivity contribution < 1.29 is 27.1 Å². The first-order valence-corrected chi connectivity index (χ1v) is 16.9. The zero-order valence-electron chi connectivity index (χ0n) is 26.4. The minimum atomic E-state index is -1.91. The molecule has 5 rings (SSSR count). The van der Waals surface area contributed by atoms with Gasteiger partial charge in [0.2, 0.25) is 0 Å². The Labute approximate surface area is 268 Å².